The molecule has 11 heteroatoms. The first-order valence-corrected chi connectivity index (χ1v) is 3.96. The minimum Gasteiger partial charge on any atom is -0.412 e. The van der Waals surface area contributed by atoms with Gasteiger partial charge in [-0.15, -0.1) is 20.4 Å². The van der Waals surface area contributed by atoms with E-state index in [1.807, 2.05) is 0 Å². The van der Waals surface area contributed by atoms with Gasteiger partial charge in [0.1, 0.15) is 11.4 Å². The van der Waals surface area contributed by atoms with Crippen molar-refractivity contribution in [3.8, 4) is 23.0 Å². The number of rotatable bonds is 2. The lowest BCUT2D eigenvalue weighted by atomic mass is 10.3. The van der Waals surface area contributed by atoms with E-state index in [-0.39, 0.29) is 5.48 Å². The van der Waals surface area contributed by atoms with E-state index in [0.29, 0.717) is 23.0 Å². The molecule has 0 saturated heterocycles. The topological polar surface area (TPSA) is 169 Å². The molecule has 0 bridgehead atoms. The monoisotopic (exact) mass is 222 g/mol. The SMILES string of the molecule is O.c1nc(-c2nn[nH]n2)c(-c2nn[nH]n2)[nH]1. The number of tetrazole rings is 2. The molecule has 0 aliphatic carbocycles. The van der Waals surface area contributed by atoms with E-state index in [9.17, 15) is 0 Å². The van der Waals surface area contributed by atoms with Gasteiger partial charge < -0.3 is 10.5 Å². The van der Waals surface area contributed by atoms with Crippen LogP contribution in [0.4, 0.5) is 0 Å². The summed E-state index contributed by atoms with van der Waals surface area (Å²) in [6, 6.07) is 0. The van der Waals surface area contributed by atoms with Crippen LogP contribution in [0.15, 0.2) is 6.33 Å². The van der Waals surface area contributed by atoms with Gasteiger partial charge in [-0.1, -0.05) is 0 Å². The Kier molecular flexibility index (Phi) is 2.35. The molecule has 82 valence electrons. The van der Waals surface area contributed by atoms with Crippen LogP contribution in [0.1, 0.15) is 0 Å². The van der Waals surface area contributed by atoms with Crippen LogP contribution in [-0.4, -0.2) is 56.7 Å². The highest BCUT2D eigenvalue weighted by Gasteiger charge is 2.16. The molecule has 0 aliphatic rings. The van der Waals surface area contributed by atoms with E-state index in [1.54, 1.807) is 0 Å². The molecule has 0 unspecified atom stereocenters. The second kappa shape index (κ2) is 3.82. The van der Waals surface area contributed by atoms with Crippen molar-refractivity contribution in [2.24, 2.45) is 0 Å². The summed E-state index contributed by atoms with van der Waals surface area (Å²) in [6.07, 6.45) is 1.50. The molecule has 0 radical (unpaired) electrons. The maximum absolute atomic E-state index is 4.05. The van der Waals surface area contributed by atoms with E-state index >= 15 is 0 Å². The van der Waals surface area contributed by atoms with E-state index in [2.05, 4.69) is 51.2 Å². The maximum atomic E-state index is 4.05. The fourth-order valence-corrected chi connectivity index (χ4v) is 1.16. The summed E-state index contributed by atoms with van der Waals surface area (Å²) in [5.41, 5.74) is 1.11. The fraction of sp³-hybridized carbons (Fsp3) is 0. The standard InChI is InChI=1S/C5H4N10.H2O/c1-6-2(4-8-12-13-9-4)3(7-1)5-10-14-15-11-5;/h1H,(H,6,7)(H,8,9,12,13)(H,10,11,14,15);1H2. The number of nitrogens with zero attached hydrogens (tertiary/aromatic N) is 7. The van der Waals surface area contributed by atoms with E-state index in [1.165, 1.54) is 6.33 Å². The van der Waals surface area contributed by atoms with Gasteiger partial charge in [0.05, 0.1) is 6.33 Å². The first-order valence-electron chi connectivity index (χ1n) is 3.96. The van der Waals surface area contributed by atoms with Crippen molar-refractivity contribution in [2.45, 2.75) is 0 Å². The Morgan fingerprint density at radius 2 is 1.62 bits per heavy atom. The molecule has 0 atom stereocenters. The predicted molar refractivity (Wildman–Crippen MR) is 48.5 cm³/mol. The van der Waals surface area contributed by atoms with Crippen LogP contribution in [0.5, 0.6) is 0 Å². The summed E-state index contributed by atoms with van der Waals surface area (Å²) in [5.74, 6) is 0.767. The average Bonchev–Trinajstić information content (AvgIpc) is 3.01. The van der Waals surface area contributed by atoms with Crippen LogP contribution in [-0.2, 0) is 0 Å². The van der Waals surface area contributed by atoms with E-state index in [4.69, 9.17) is 0 Å². The van der Waals surface area contributed by atoms with Gasteiger partial charge in [0.2, 0.25) is 11.6 Å². The molecular weight excluding hydrogens is 216 g/mol. The zero-order valence-corrected chi connectivity index (χ0v) is 7.71. The minimum absolute atomic E-state index is 0. The van der Waals surface area contributed by atoms with Gasteiger partial charge in [0.25, 0.3) is 0 Å². The van der Waals surface area contributed by atoms with Gasteiger partial charge in [-0.3, -0.25) is 0 Å². The molecule has 0 saturated carbocycles. The molecule has 3 heterocycles. The Labute approximate surface area is 87.0 Å². The van der Waals surface area contributed by atoms with Gasteiger partial charge in [-0.2, -0.15) is 10.4 Å². The Bertz CT molecular complexity index is 489. The summed E-state index contributed by atoms with van der Waals surface area (Å²) in [4.78, 5) is 6.93. The normalized spacial score (nSPS) is 10.0. The van der Waals surface area contributed by atoms with Gasteiger partial charge in [-0.25, -0.2) is 4.98 Å². The predicted octanol–water partition coefficient (Wildman–Crippen LogP) is -2.05. The van der Waals surface area contributed by atoms with Crippen LogP contribution >= 0.6 is 0 Å². The van der Waals surface area contributed by atoms with Crippen molar-refractivity contribution in [1.29, 1.82) is 0 Å². The van der Waals surface area contributed by atoms with Gasteiger partial charge in [-0.05, 0) is 10.4 Å². The molecule has 3 aromatic rings. The van der Waals surface area contributed by atoms with Crippen LogP contribution in [0, 0.1) is 0 Å². The number of nitrogens with one attached hydrogen (secondary N) is 3. The zero-order chi connectivity index (χ0) is 10.1. The number of aromatic amines is 3. The molecule has 11 nitrogen and oxygen atoms in total. The van der Waals surface area contributed by atoms with Gasteiger partial charge in [0.15, 0.2) is 0 Å². The average molecular weight is 222 g/mol. The van der Waals surface area contributed by atoms with Crippen LogP contribution in [0.3, 0.4) is 0 Å². The number of imidazole rings is 1. The molecule has 3 aromatic heterocycles. The second-order valence-corrected chi connectivity index (χ2v) is 2.60. The van der Waals surface area contributed by atoms with E-state index in [0.717, 1.165) is 0 Å². The Hall–Kier alpha value is -2.69. The first kappa shape index (κ1) is 9.85. The van der Waals surface area contributed by atoms with Gasteiger partial charge >= 0.3 is 0 Å². The van der Waals surface area contributed by atoms with Crippen molar-refractivity contribution in [2.75, 3.05) is 0 Å². The third kappa shape index (κ3) is 1.40. The summed E-state index contributed by atoms with van der Waals surface area (Å²) >= 11 is 0. The second-order valence-electron chi connectivity index (χ2n) is 2.60. The summed E-state index contributed by atoms with van der Waals surface area (Å²) in [6.45, 7) is 0. The molecular formula is C5H6N10O. The zero-order valence-electron chi connectivity index (χ0n) is 7.71. The molecule has 16 heavy (non-hydrogen) atoms. The molecule has 0 aliphatic heterocycles. The third-order valence-corrected chi connectivity index (χ3v) is 1.77. The van der Waals surface area contributed by atoms with Gasteiger partial charge in [0, 0.05) is 0 Å². The van der Waals surface area contributed by atoms with E-state index < -0.39 is 0 Å². The summed E-state index contributed by atoms with van der Waals surface area (Å²) < 4.78 is 0. The third-order valence-electron chi connectivity index (χ3n) is 1.77. The molecule has 5 N–H and O–H groups in total. The van der Waals surface area contributed by atoms with Crippen LogP contribution in [0.25, 0.3) is 23.0 Å². The van der Waals surface area contributed by atoms with Crippen molar-refractivity contribution >= 4 is 0 Å². The summed E-state index contributed by atoms with van der Waals surface area (Å²) in [5, 5.41) is 26.9. The minimum atomic E-state index is 0. The first-order chi connectivity index (χ1) is 7.45. The number of hydrogen-bond acceptors (Lipinski definition) is 7. The lowest BCUT2D eigenvalue weighted by Gasteiger charge is -1.90. The highest BCUT2D eigenvalue weighted by atomic mass is 16.0. The quantitative estimate of drug-likeness (QED) is 0.447. The lowest BCUT2D eigenvalue weighted by Crippen LogP contribution is -1.88. The Balaban J connectivity index is 0.000000963. The molecule has 3 rings (SSSR count). The molecule has 0 fully saturated rings. The maximum Gasteiger partial charge on any atom is 0.225 e. The van der Waals surface area contributed by atoms with Crippen molar-refractivity contribution in [1.82, 2.24) is 51.2 Å². The summed E-state index contributed by atoms with van der Waals surface area (Å²) in [7, 11) is 0. The molecule has 0 aromatic carbocycles. The number of H-pyrrole nitrogens is 3. The highest BCUT2D eigenvalue weighted by Crippen LogP contribution is 2.21. The lowest BCUT2D eigenvalue weighted by molar-refractivity contribution is 0.824. The Morgan fingerprint density at radius 1 is 0.938 bits per heavy atom. The number of hydrogen-bond donors (Lipinski definition) is 3. The fourth-order valence-electron chi connectivity index (χ4n) is 1.16. The smallest absolute Gasteiger partial charge is 0.225 e. The van der Waals surface area contributed by atoms with Crippen LogP contribution in [0.2, 0.25) is 0 Å². The molecule has 0 spiro atoms. The van der Waals surface area contributed by atoms with Crippen molar-refractivity contribution < 1.29 is 5.48 Å². The van der Waals surface area contributed by atoms with Crippen molar-refractivity contribution in [3.05, 3.63) is 6.33 Å². The highest BCUT2D eigenvalue weighted by molar-refractivity contribution is 5.69. The van der Waals surface area contributed by atoms with Crippen LogP contribution < -0.4 is 0 Å². The Morgan fingerprint density at radius 3 is 2.25 bits per heavy atom. The largest absolute Gasteiger partial charge is 0.412 e. The number of aromatic nitrogens is 10. The van der Waals surface area contributed by atoms with Crippen molar-refractivity contribution in [3.63, 3.8) is 0 Å². The molecule has 0 amide bonds.